The van der Waals surface area contributed by atoms with Crippen molar-refractivity contribution in [3.63, 3.8) is 0 Å². The van der Waals surface area contributed by atoms with Crippen LogP contribution in [-0.4, -0.2) is 16.9 Å². The molecule has 0 amide bonds. The van der Waals surface area contributed by atoms with Gasteiger partial charge in [-0.05, 0) is 29.1 Å². The van der Waals surface area contributed by atoms with Crippen LogP contribution >= 0.6 is 0 Å². The molecule has 0 spiro atoms. The number of benzene rings is 5. The van der Waals surface area contributed by atoms with Crippen molar-refractivity contribution in [1.82, 2.24) is 0 Å². The van der Waals surface area contributed by atoms with E-state index in [9.17, 15) is 0 Å². The lowest BCUT2D eigenvalue weighted by Crippen LogP contribution is -2.74. The Kier molecular flexibility index (Phi) is 6.77. The second-order valence-electron chi connectivity index (χ2n) is 8.63. The van der Waals surface area contributed by atoms with Crippen molar-refractivity contribution in [2.45, 2.75) is 6.55 Å². The summed E-state index contributed by atoms with van der Waals surface area (Å²) in [7, 11) is -5.95. The second-order valence-corrected chi connectivity index (χ2v) is 15.3. The highest BCUT2D eigenvalue weighted by molar-refractivity contribution is 7.06. The molecule has 172 valence electrons. The van der Waals surface area contributed by atoms with E-state index in [0.717, 1.165) is 16.1 Å². The highest BCUT2D eigenvalue weighted by atomic mass is 28.4. The predicted octanol–water partition coefficient (Wildman–Crippen LogP) is 4.73. The molecule has 0 aromatic heterocycles. The van der Waals surface area contributed by atoms with Crippen LogP contribution in [-0.2, 0) is 4.12 Å². The molecule has 0 saturated carbocycles. The van der Waals surface area contributed by atoms with Crippen LogP contribution in [0.15, 0.2) is 152 Å². The number of hydrogen-bond acceptors (Lipinski definition) is 2. The van der Waals surface area contributed by atoms with E-state index in [4.69, 9.17) is 8.54 Å². The van der Waals surface area contributed by atoms with E-state index in [1.807, 2.05) is 42.5 Å². The molecule has 0 saturated heterocycles. The SMILES string of the molecule is C[Si](O[Si](Oc1ccccc1)(c1ccccc1)c1ccccc1)(c1ccccc1)c1ccccc1. The van der Waals surface area contributed by atoms with E-state index < -0.39 is 16.9 Å². The second kappa shape index (κ2) is 10.3. The third kappa shape index (κ3) is 4.77. The van der Waals surface area contributed by atoms with Gasteiger partial charge in [0.1, 0.15) is 5.75 Å². The van der Waals surface area contributed by atoms with Crippen molar-refractivity contribution in [3.8, 4) is 5.75 Å². The molecule has 0 fully saturated rings. The Morgan fingerprint density at radius 3 is 1.09 bits per heavy atom. The summed E-state index contributed by atoms with van der Waals surface area (Å²) in [4.78, 5) is 0. The molecule has 5 aromatic carbocycles. The predicted molar refractivity (Wildman–Crippen MR) is 150 cm³/mol. The summed E-state index contributed by atoms with van der Waals surface area (Å²) in [5.41, 5.74) is 0. The van der Waals surface area contributed by atoms with E-state index in [1.165, 1.54) is 10.4 Å². The fourth-order valence-corrected chi connectivity index (χ4v) is 13.1. The summed E-state index contributed by atoms with van der Waals surface area (Å²) in [6.45, 7) is 2.29. The number of hydrogen-bond donors (Lipinski definition) is 0. The van der Waals surface area contributed by atoms with E-state index in [0.29, 0.717) is 0 Å². The molecule has 0 heterocycles. The van der Waals surface area contributed by atoms with E-state index in [1.54, 1.807) is 0 Å². The zero-order valence-electron chi connectivity index (χ0n) is 19.8. The van der Waals surface area contributed by atoms with Crippen molar-refractivity contribution >= 4 is 37.6 Å². The lowest BCUT2D eigenvalue weighted by molar-refractivity contribution is 0.421. The standard InChI is InChI=1S/C31H28O2Si2/c1-34(28-19-9-3-10-20-28,29-21-11-4-12-22-29)33-35(30-23-13-5-14-24-30,31-25-15-6-16-26-31)32-27-17-7-2-8-18-27/h2-26H,1H3. The maximum absolute atomic E-state index is 7.63. The molecule has 0 bridgehead atoms. The van der Waals surface area contributed by atoms with Gasteiger partial charge in [-0.2, -0.15) is 0 Å². The Morgan fingerprint density at radius 2 is 0.714 bits per heavy atom. The average Bonchev–Trinajstić information content (AvgIpc) is 2.95. The molecule has 5 rings (SSSR count). The highest BCUT2D eigenvalue weighted by Crippen LogP contribution is 2.22. The van der Waals surface area contributed by atoms with Crippen LogP contribution in [0.4, 0.5) is 0 Å². The van der Waals surface area contributed by atoms with Crippen LogP contribution in [0.2, 0.25) is 6.55 Å². The fraction of sp³-hybridized carbons (Fsp3) is 0.0323. The van der Waals surface area contributed by atoms with Crippen molar-refractivity contribution in [2.24, 2.45) is 0 Å². The van der Waals surface area contributed by atoms with Crippen LogP contribution in [0, 0.1) is 0 Å². The summed E-state index contributed by atoms with van der Waals surface area (Å²) >= 11 is 0. The lowest BCUT2D eigenvalue weighted by atomic mass is 10.3. The van der Waals surface area contributed by atoms with Gasteiger partial charge in [-0.3, -0.25) is 0 Å². The molecular weight excluding hydrogens is 461 g/mol. The molecule has 0 unspecified atom stereocenters. The van der Waals surface area contributed by atoms with Gasteiger partial charge >= 0.3 is 8.56 Å². The first-order valence-electron chi connectivity index (χ1n) is 11.9. The van der Waals surface area contributed by atoms with Gasteiger partial charge in [0, 0.05) is 10.4 Å². The summed E-state index contributed by atoms with van der Waals surface area (Å²) < 4.78 is 14.7. The largest absolute Gasteiger partial charge is 0.514 e. The summed E-state index contributed by atoms with van der Waals surface area (Å²) in [5, 5.41) is 4.60. The van der Waals surface area contributed by atoms with Crippen molar-refractivity contribution in [2.75, 3.05) is 0 Å². The van der Waals surface area contributed by atoms with Crippen LogP contribution in [0.25, 0.3) is 0 Å². The smallest absolute Gasteiger partial charge is 0.458 e. The van der Waals surface area contributed by atoms with E-state index >= 15 is 0 Å². The van der Waals surface area contributed by atoms with Gasteiger partial charge in [-0.15, -0.1) is 0 Å². The number of rotatable bonds is 8. The molecular formula is C31H28O2Si2. The minimum absolute atomic E-state index is 0.810. The Bertz CT molecular complexity index is 1250. The Labute approximate surface area is 209 Å². The maximum Gasteiger partial charge on any atom is 0.458 e. The minimum Gasteiger partial charge on any atom is -0.514 e. The van der Waals surface area contributed by atoms with Gasteiger partial charge < -0.3 is 8.54 Å². The van der Waals surface area contributed by atoms with Gasteiger partial charge in [0.05, 0.1) is 0 Å². The van der Waals surface area contributed by atoms with Gasteiger partial charge in [0.25, 0.3) is 0 Å². The monoisotopic (exact) mass is 488 g/mol. The van der Waals surface area contributed by atoms with Crippen molar-refractivity contribution in [1.29, 1.82) is 0 Å². The number of para-hydroxylation sites is 1. The van der Waals surface area contributed by atoms with Gasteiger partial charge in [0.15, 0.2) is 0 Å². The molecule has 0 N–H and O–H groups in total. The first kappa shape index (κ1) is 23.1. The molecule has 0 aliphatic rings. The highest BCUT2D eigenvalue weighted by Gasteiger charge is 2.52. The van der Waals surface area contributed by atoms with Crippen LogP contribution in [0.1, 0.15) is 0 Å². The first-order valence-corrected chi connectivity index (χ1v) is 16.1. The third-order valence-corrected chi connectivity index (χ3v) is 14.7. The fourth-order valence-electron chi connectivity index (χ4n) is 4.48. The van der Waals surface area contributed by atoms with Crippen LogP contribution in [0.5, 0.6) is 5.75 Å². The average molecular weight is 489 g/mol. The Morgan fingerprint density at radius 1 is 0.400 bits per heavy atom. The summed E-state index contributed by atoms with van der Waals surface area (Å²) in [6, 6.07) is 52.3. The molecule has 4 heteroatoms. The quantitative estimate of drug-likeness (QED) is 0.294. The van der Waals surface area contributed by atoms with Gasteiger partial charge in [0.2, 0.25) is 8.32 Å². The van der Waals surface area contributed by atoms with Crippen molar-refractivity contribution in [3.05, 3.63) is 152 Å². The molecule has 0 aliphatic carbocycles. The zero-order valence-corrected chi connectivity index (χ0v) is 21.8. The lowest BCUT2D eigenvalue weighted by Gasteiger charge is -2.40. The zero-order chi connectivity index (χ0) is 24.0. The minimum atomic E-state index is -3.23. The first-order chi connectivity index (χ1) is 17.2. The molecule has 0 radical (unpaired) electrons. The van der Waals surface area contributed by atoms with Crippen LogP contribution < -0.4 is 25.2 Å². The molecule has 0 atom stereocenters. The summed E-state index contributed by atoms with van der Waals surface area (Å²) in [5.74, 6) is 0.810. The Balaban J connectivity index is 1.77. The normalized spacial score (nSPS) is 11.7. The third-order valence-electron chi connectivity index (χ3n) is 6.31. The van der Waals surface area contributed by atoms with E-state index in [2.05, 4.69) is 116 Å². The van der Waals surface area contributed by atoms with E-state index in [-0.39, 0.29) is 0 Å². The maximum atomic E-state index is 7.63. The van der Waals surface area contributed by atoms with Crippen molar-refractivity contribution < 1.29 is 8.54 Å². The van der Waals surface area contributed by atoms with Gasteiger partial charge in [-0.25, -0.2) is 0 Å². The molecule has 0 aliphatic heterocycles. The molecule has 2 nitrogen and oxygen atoms in total. The van der Waals surface area contributed by atoms with Gasteiger partial charge in [-0.1, -0.05) is 140 Å². The Hall–Kier alpha value is -3.71. The van der Waals surface area contributed by atoms with Crippen LogP contribution in [0.3, 0.4) is 0 Å². The molecule has 5 aromatic rings. The topological polar surface area (TPSA) is 18.5 Å². The summed E-state index contributed by atoms with van der Waals surface area (Å²) in [6.07, 6.45) is 0. The molecule has 35 heavy (non-hydrogen) atoms.